The Morgan fingerprint density at radius 2 is 1.47 bits per heavy atom. The number of aromatic carboxylic acids is 1. The van der Waals surface area contributed by atoms with Crippen LogP contribution in [0.15, 0.2) is 60.7 Å². The summed E-state index contributed by atoms with van der Waals surface area (Å²) in [7, 11) is 1.13. The van der Waals surface area contributed by atoms with E-state index in [0.717, 1.165) is 25.3 Å². The maximum Gasteiger partial charge on any atom is 0.345 e. The van der Waals surface area contributed by atoms with Gasteiger partial charge in [-0.05, 0) is 30.3 Å². The first-order valence-corrected chi connectivity index (χ1v) is 9.75. The van der Waals surface area contributed by atoms with Crippen LogP contribution in [0.25, 0.3) is 0 Å². The largest absolute Gasteiger partial charge is 0.545 e. The fourth-order valence-corrected chi connectivity index (χ4v) is 2.95. The van der Waals surface area contributed by atoms with Crippen LogP contribution in [0.2, 0.25) is 10.0 Å². The van der Waals surface area contributed by atoms with Crippen molar-refractivity contribution < 1.29 is 34.0 Å². The summed E-state index contributed by atoms with van der Waals surface area (Å²) >= 11 is 11.8. The second kappa shape index (κ2) is 11.6. The summed E-state index contributed by atoms with van der Waals surface area (Å²) in [6.45, 7) is 0. The molecule has 0 unspecified atom stereocenters. The number of hydrogen-bond acceptors (Lipinski definition) is 9. The fraction of sp³-hybridized carbons (Fsp3) is 0.0476. The second-order valence-electron chi connectivity index (χ2n) is 6.17. The van der Waals surface area contributed by atoms with Gasteiger partial charge in [-0.3, -0.25) is 20.2 Å². The minimum absolute atomic E-state index is 0.204. The van der Waals surface area contributed by atoms with E-state index in [4.69, 9.17) is 27.9 Å². The maximum atomic E-state index is 11.6. The van der Waals surface area contributed by atoms with Crippen molar-refractivity contribution in [1.82, 2.24) is 0 Å². The standard InChI is InChI=1S/C14H9Cl2NO5.C7H5NO4/c1-21-14(18)10-7-9(3-4-12(10)17(19)20)22-13-5-2-8(15)6-11(13)16;9-7(10)5-3-1-2-4-6(5)8(11)12/h2-7H,1H3;1-4H,(H,9,10)/p-1. The number of ether oxygens (including phenoxy) is 2. The molecule has 0 aromatic heterocycles. The number of carbonyl (C=O) groups is 2. The Bertz CT molecular complexity index is 1230. The predicted molar refractivity (Wildman–Crippen MR) is 118 cm³/mol. The number of carboxylic acids is 1. The molecule has 0 heterocycles. The van der Waals surface area contributed by atoms with E-state index in [1.54, 1.807) is 12.1 Å². The Hall–Kier alpha value is -4.22. The highest BCUT2D eigenvalue weighted by Gasteiger charge is 2.22. The lowest BCUT2D eigenvalue weighted by Gasteiger charge is -2.09. The number of esters is 1. The van der Waals surface area contributed by atoms with Crippen LogP contribution in [-0.2, 0) is 4.74 Å². The lowest BCUT2D eigenvalue weighted by Crippen LogP contribution is -2.23. The average molecular weight is 508 g/mol. The number of carbonyl (C=O) groups excluding carboxylic acids is 2. The van der Waals surface area contributed by atoms with Crippen molar-refractivity contribution in [3.05, 3.63) is 102 Å². The molecular formula is C21H13Cl2N2O9-. The van der Waals surface area contributed by atoms with Crippen molar-refractivity contribution in [2.45, 2.75) is 0 Å². The number of nitro groups is 2. The van der Waals surface area contributed by atoms with Crippen molar-refractivity contribution >= 4 is 46.5 Å². The summed E-state index contributed by atoms with van der Waals surface area (Å²) in [6.07, 6.45) is 0. The number of methoxy groups -OCH3 is 1. The molecule has 11 nitrogen and oxygen atoms in total. The van der Waals surface area contributed by atoms with Crippen molar-refractivity contribution in [3.63, 3.8) is 0 Å². The summed E-state index contributed by atoms with van der Waals surface area (Å²) < 4.78 is 10.0. The van der Waals surface area contributed by atoms with Crippen LogP contribution in [0.1, 0.15) is 20.7 Å². The van der Waals surface area contributed by atoms with Crippen LogP contribution in [-0.4, -0.2) is 28.9 Å². The molecule has 3 aromatic carbocycles. The highest BCUT2D eigenvalue weighted by molar-refractivity contribution is 6.35. The molecule has 0 aliphatic rings. The number of para-hydroxylation sites is 1. The summed E-state index contributed by atoms with van der Waals surface area (Å²) in [5, 5.41) is 32.2. The quantitative estimate of drug-likeness (QED) is 0.266. The van der Waals surface area contributed by atoms with Crippen molar-refractivity contribution in [1.29, 1.82) is 0 Å². The molecule has 3 rings (SSSR count). The Kier molecular flexibility index (Phi) is 8.87. The third kappa shape index (κ3) is 6.64. The van der Waals surface area contributed by atoms with E-state index < -0.39 is 33.0 Å². The molecule has 0 radical (unpaired) electrons. The molecule has 0 aliphatic carbocycles. The smallest absolute Gasteiger partial charge is 0.345 e. The lowest BCUT2D eigenvalue weighted by molar-refractivity contribution is -0.385. The summed E-state index contributed by atoms with van der Waals surface area (Å²) in [6, 6.07) is 13.4. The predicted octanol–water partition coefficient (Wildman–Crippen LogP) is 4.44. The summed E-state index contributed by atoms with van der Waals surface area (Å²) in [5.41, 5.74) is -1.43. The van der Waals surface area contributed by atoms with Crippen LogP contribution in [0.3, 0.4) is 0 Å². The number of nitro benzene ring substituents is 2. The van der Waals surface area contributed by atoms with Crippen LogP contribution in [0, 0.1) is 20.2 Å². The van der Waals surface area contributed by atoms with Gasteiger partial charge >= 0.3 is 5.97 Å². The zero-order chi connectivity index (χ0) is 25.4. The van der Waals surface area contributed by atoms with Crippen LogP contribution < -0.4 is 9.84 Å². The molecule has 0 saturated heterocycles. The Morgan fingerprint density at radius 1 is 0.853 bits per heavy atom. The van der Waals surface area contributed by atoms with Gasteiger partial charge in [0.15, 0.2) is 0 Å². The van der Waals surface area contributed by atoms with Gasteiger partial charge in [-0.25, -0.2) is 4.79 Å². The van der Waals surface area contributed by atoms with E-state index in [0.29, 0.717) is 10.8 Å². The van der Waals surface area contributed by atoms with Crippen LogP contribution in [0.5, 0.6) is 11.5 Å². The first-order valence-electron chi connectivity index (χ1n) is 8.99. The molecule has 0 fully saturated rings. The number of benzene rings is 3. The molecule has 176 valence electrons. The third-order valence-electron chi connectivity index (χ3n) is 4.01. The molecule has 0 bridgehead atoms. The molecule has 3 aromatic rings. The third-order valence-corrected chi connectivity index (χ3v) is 4.54. The minimum atomic E-state index is -1.54. The van der Waals surface area contributed by atoms with E-state index in [9.17, 15) is 34.9 Å². The molecule has 0 atom stereocenters. The van der Waals surface area contributed by atoms with E-state index in [1.165, 1.54) is 30.3 Å². The van der Waals surface area contributed by atoms with Gasteiger partial charge in [-0.15, -0.1) is 0 Å². The normalized spacial score (nSPS) is 9.85. The molecular weight excluding hydrogens is 495 g/mol. The SMILES string of the molecule is COC(=O)c1cc(Oc2ccc(Cl)cc2Cl)ccc1[N+](=O)[O-].O=C([O-])c1ccccc1[N+](=O)[O-]. The molecule has 0 spiro atoms. The zero-order valence-corrected chi connectivity index (χ0v) is 18.6. The molecule has 0 amide bonds. The average Bonchev–Trinajstić information content (AvgIpc) is 2.80. The monoisotopic (exact) mass is 507 g/mol. The van der Waals surface area contributed by atoms with Crippen molar-refractivity contribution in [2.24, 2.45) is 0 Å². The van der Waals surface area contributed by atoms with Crippen molar-refractivity contribution in [3.8, 4) is 11.5 Å². The Balaban J connectivity index is 0.000000287. The van der Waals surface area contributed by atoms with E-state index >= 15 is 0 Å². The first-order chi connectivity index (χ1) is 16.0. The molecule has 34 heavy (non-hydrogen) atoms. The van der Waals surface area contributed by atoms with E-state index in [-0.39, 0.29) is 22.0 Å². The van der Waals surface area contributed by atoms with Crippen molar-refractivity contribution in [2.75, 3.05) is 7.11 Å². The summed E-state index contributed by atoms with van der Waals surface area (Å²) in [5.74, 6) is -1.87. The molecule has 13 heteroatoms. The van der Waals surface area contributed by atoms with Gasteiger partial charge in [-0.2, -0.15) is 0 Å². The number of hydrogen-bond donors (Lipinski definition) is 0. The van der Waals surface area contributed by atoms with Gasteiger partial charge in [0.1, 0.15) is 17.1 Å². The Labute approximate surface area is 201 Å². The van der Waals surface area contributed by atoms with Gasteiger partial charge in [0.05, 0.1) is 33.5 Å². The number of rotatable bonds is 6. The maximum absolute atomic E-state index is 11.6. The number of halogens is 2. The highest BCUT2D eigenvalue weighted by Crippen LogP contribution is 2.33. The fourth-order valence-electron chi connectivity index (χ4n) is 2.50. The van der Waals surface area contributed by atoms with Crippen LogP contribution in [0.4, 0.5) is 11.4 Å². The van der Waals surface area contributed by atoms with Crippen LogP contribution >= 0.6 is 23.2 Å². The molecule has 0 saturated carbocycles. The zero-order valence-electron chi connectivity index (χ0n) is 17.1. The Morgan fingerprint density at radius 3 is 2.00 bits per heavy atom. The van der Waals surface area contributed by atoms with E-state index in [1.807, 2.05) is 0 Å². The number of nitrogens with zero attached hydrogens (tertiary/aromatic N) is 2. The first kappa shape index (κ1) is 26.0. The summed E-state index contributed by atoms with van der Waals surface area (Å²) in [4.78, 5) is 41.7. The van der Waals surface area contributed by atoms with Gasteiger partial charge in [0.25, 0.3) is 11.4 Å². The lowest BCUT2D eigenvalue weighted by atomic mass is 10.1. The van der Waals surface area contributed by atoms with Gasteiger partial charge in [0, 0.05) is 23.2 Å². The number of carboxylic acid groups (broad SMARTS) is 1. The minimum Gasteiger partial charge on any atom is -0.545 e. The van der Waals surface area contributed by atoms with Gasteiger partial charge < -0.3 is 19.4 Å². The highest BCUT2D eigenvalue weighted by atomic mass is 35.5. The second-order valence-corrected chi connectivity index (χ2v) is 7.01. The van der Waals surface area contributed by atoms with Gasteiger partial charge in [0.2, 0.25) is 0 Å². The molecule has 0 N–H and O–H groups in total. The van der Waals surface area contributed by atoms with E-state index in [2.05, 4.69) is 4.74 Å². The van der Waals surface area contributed by atoms with Gasteiger partial charge in [-0.1, -0.05) is 35.3 Å². The topological polar surface area (TPSA) is 162 Å². The molecule has 0 aliphatic heterocycles.